The average Bonchev–Trinajstić information content (AvgIpc) is 2.71. The van der Waals surface area contributed by atoms with Gasteiger partial charge in [-0.05, 0) is 17.5 Å². The average molecular weight is 364 g/mol. The Hall–Kier alpha value is -3.15. The Morgan fingerprint density at radius 3 is 2.37 bits per heavy atom. The van der Waals surface area contributed by atoms with Crippen molar-refractivity contribution in [1.82, 2.24) is 10.2 Å². The number of benzene rings is 2. The van der Waals surface area contributed by atoms with Gasteiger partial charge in [0, 0.05) is 6.54 Å². The molecular weight excluding hydrogens is 344 g/mol. The minimum absolute atomic E-state index is 0.241. The molecule has 6 heteroatoms. The zero-order valence-corrected chi connectivity index (χ0v) is 14.9. The van der Waals surface area contributed by atoms with Gasteiger partial charge < -0.3 is 15.0 Å². The minimum atomic E-state index is -1.44. The van der Waals surface area contributed by atoms with Crippen molar-refractivity contribution < 1.29 is 19.1 Å². The number of nitrogens with zero attached hydrogens (tertiary/aromatic N) is 1. The topological polar surface area (TPSA) is 75.7 Å². The second kappa shape index (κ2) is 6.54. The molecule has 2 bridgehead atoms. The number of carbonyl (C=O) groups excluding carboxylic acids is 3. The number of piperazine rings is 1. The summed E-state index contributed by atoms with van der Waals surface area (Å²) in [6, 6.07) is 17.8. The van der Waals surface area contributed by atoms with Crippen LogP contribution in [0.1, 0.15) is 17.5 Å². The van der Waals surface area contributed by atoms with Gasteiger partial charge >= 0.3 is 5.97 Å². The molecule has 5 rings (SSSR count). The second-order valence-electron chi connectivity index (χ2n) is 6.91. The third-order valence-corrected chi connectivity index (χ3v) is 5.49. The van der Waals surface area contributed by atoms with Crippen LogP contribution in [0.5, 0.6) is 0 Å². The number of hydrogen-bond donors (Lipinski definition) is 1. The highest BCUT2D eigenvalue weighted by Gasteiger charge is 2.64. The summed E-state index contributed by atoms with van der Waals surface area (Å²) in [6.07, 6.45) is 0.242. The van der Waals surface area contributed by atoms with Crippen LogP contribution in [0.15, 0.2) is 60.7 Å². The minimum Gasteiger partial charge on any atom is -0.469 e. The van der Waals surface area contributed by atoms with Gasteiger partial charge in [0.25, 0.3) is 5.91 Å². The molecule has 0 unspecified atom stereocenters. The monoisotopic (exact) mass is 364 g/mol. The number of ether oxygens (including phenoxy) is 1. The molecule has 0 aliphatic carbocycles. The maximum absolute atomic E-state index is 13.6. The van der Waals surface area contributed by atoms with Gasteiger partial charge in [-0.1, -0.05) is 60.7 Å². The van der Waals surface area contributed by atoms with Crippen molar-refractivity contribution in [3.8, 4) is 0 Å². The van der Waals surface area contributed by atoms with E-state index in [-0.39, 0.29) is 18.2 Å². The molecule has 2 aromatic carbocycles. The van der Waals surface area contributed by atoms with Gasteiger partial charge in [0.15, 0.2) is 5.54 Å². The van der Waals surface area contributed by atoms with E-state index in [0.29, 0.717) is 12.1 Å². The number of amides is 2. The van der Waals surface area contributed by atoms with E-state index in [1.807, 2.05) is 36.4 Å². The molecule has 0 radical (unpaired) electrons. The van der Waals surface area contributed by atoms with Crippen molar-refractivity contribution in [2.24, 2.45) is 5.92 Å². The first kappa shape index (κ1) is 17.3. The molecule has 3 fully saturated rings. The van der Waals surface area contributed by atoms with Crippen molar-refractivity contribution in [2.45, 2.75) is 24.5 Å². The Morgan fingerprint density at radius 2 is 1.74 bits per heavy atom. The number of nitrogens with one attached hydrogen (secondary N) is 1. The van der Waals surface area contributed by atoms with Crippen LogP contribution in [-0.2, 0) is 31.2 Å². The van der Waals surface area contributed by atoms with E-state index < -0.39 is 23.5 Å². The lowest BCUT2D eigenvalue weighted by Crippen LogP contribution is -2.76. The first-order valence-corrected chi connectivity index (χ1v) is 8.88. The largest absolute Gasteiger partial charge is 0.469 e. The third-order valence-electron chi connectivity index (χ3n) is 5.49. The summed E-state index contributed by atoms with van der Waals surface area (Å²) in [4.78, 5) is 40.5. The maximum atomic E-state index is 13.6. The summed E-state index contributed by atoms with van der Waals surface area (Å²) in [6.45, 7) is 0.320. The summed E-state index contributed by atoms with van der Waals surface area (Å²) in [5, 5.41) is 2.85. The summed E-state index contributed by atoms with van der Waals surface area (Å²) in [5.41, 5.74) is 0.0913. The van der Waals surface area contributed by atoms with Crippen LogP contribution in [0.4, 0.5) is 0 Å². The molecule has 2 aromatic rings. The number of methoxy groups -OCH3 is 1. The van der Waals surface area contributed by atoms with Gasteiger partial charge in [-0.25, -0.2) is 0 Å². The Morgan fingerprint density at radius 1 is 1.11 bits per heavy atom. The quantitative estimate of drug-likeness (QED) is 0.837. The van der Waals surface area contributed by atoms with E-state index in [4.69, 9.17) is 4.74 Å². The molecule has 27 heavy (non-hydrogen) atoms. The lowest BCUT2D eigenvalue weighted by atomic mass is 9.67. The zero-order chi connectivity index (χ0) is 19.0. The molecule has 3 atom stereocenters. The van der Waals surface area contributed by atoms with E-state index in [2.05, 4.69) is 5.32 Å². The molecule has 0 aromatic heterocycles. The SMILES string of the molecule is COC(=O)[C@H]1C[C@@H]2C(=O)N[C@@]1(c1ccccc1)C(=O)N2Cc1ccccc1. The van der Waals surface area contributed by atoms with Crippen LogP contribution < -0.4 is 5.32 Å². The van der Waals surface area contributed by atoms with Crippen LogP contribution in [0.2, 0.25) is 0 Å². The molecule has 3 aliphatic rings. The van der Waals surface area contributed by atoms with Gasteiger partial charge in [-0.2, -0.15) is 0 Å². The van der Waals surface area contributed by atoms with Crippen molar-refractivity contribution >= 4 is 17.8 Å². The molecule has 0 saturated carbocycles. The molecule has 3 heterocycles. The zero-order valence-electron chi connectivity index (χ0n) is 14.9. The normalized spacial score (nSPS) is 26.6. The van der Waals surface area contributed by atoms with Crippen molar-refractivity contribution in [3.05, 3.63) is 71.8 Å². The molecule has 6 nitrogen and oxygen atoms in total. The molecule has 3 aliphatic heterocycles. The summed E-state index contributed by atoms with van der Waals surface area (Å²) < 4.78 is 4.96. The Kier molecular flexibility index (Phi) is 4.18. The van der Waals surface area contributed by atoms with Crippen molar-refractivity contribution in [3.63, 3.8) is 0 Å². The van der Waals surface area contributed by atoms with Gasteiger partial charge in [0.2, 0.25) is 5.91 Å². The summed E-state index contributed by atoms with van der Waals surface area (Å²) in [7, 11) is 1.30. The Bertz CT molecular complexity index is 884. The Labute approximate surface area is 157 Å². The van der Waals surface area contributed by atoms with Gasteiger partial charge in [0.1, 0.15) is 6.04 Å². The second-order valence-corrected chi connectivity index (χ2v) is 6.91. The van der Waals surface area contributed by atoms with Gasteiger partial charge in [0.05, 0.1) is 13.0 Å². The van der Waals surface area contributed by atoms with E-state index in [0.717, 1.165) is 5.56 Å². The van der Waals surface area contributed by atoms with E-state index in [9.17, 15) is 14.4 Å². The smallest absolute Gasteiger partial charge is 0.312 e. The Balaban J connectivity index is 1.81. The lowest BCUT2D eigenvalue weighted by Gasteiger charge is -2.54. The number of carbonyl (C=O) groups is 3. The highest BCUT2D eigenvalue weighted by atomic mass is 16.5. The maximum Gasteiger partial charge on any atom is 0.312 e. The van der Waals surface area contributed by atoms with E-state index in [1.165, 1.54) is 7.11 Å². The molecule has 138 valence electrons. The fourth-order valence-corrected chi connectivity index (χ4v) is 4.19. The lowest BCUT2D eigenvalue weighted by molar-refractivity contribution is -0.177. The van der Waals surface area contributed by atoms with Gasteiger partial charge in [-0.15, -0.1) is 0 Å². The highest BCUT2D eigenvalue weighted by molar-refractivity contribution is 6.05. The molecule has 2 amide bonds. The third kappa shape index (κ3) is 2.60. The number of hydrogen-bond acceptors (Lipinski definition) is 4. The highest BCUT2D eigenvalue weighted by Crippen LogP contribution is 2.45. The summed E-state index contributed by atoms with van der Waals surface area (Å²) in [5.74, 6) is -1.76. The number of rotatable bonds is 4. The van der Waals surface area contributed by atoms with Crippen LogP contribution in [-0.4, -0.2) is 35.8 Å². The first-order valence-electron chi connectivity index (χ1n) is 8.88. The van der Waals surface area contributed by atoms with Crippen LogP contribution >= 0.6 is 0 Å². The van der Waals surface area contributed by atoms with Crippen LogP contribution in [0, 0.1) is 5.92 Å². The van der Waals surface area contributed by atoms with E-state index >= 15 is 0 Å². The van der Waals surface area contributed by atoms with Crippen molar-refractivity contribution in [2.75, 3.05) is 7.11 Å². The fraction of sp³-hybridized carbons (Fsp3) is 0.286. The molecule has 1 N–H and O–H groups in total. The van der Waals surface area contributed by atoms with Crippen molar-refractivity contribution in [1.29, 1.82) is 0 Å². The predicted octanol–water partition coefficient (Wildman–Crippen LogP) is 1.60. The summed E-state index contributed by atoms with van der Waals surface area (Å²) >= 11 is 0. The molecule has 0 spiro atoms. The van der Waals surface area contributed by atoms with Crippen LogP contribution in [0.3, 0.4) is 0 Å². The number of esters is 1. The number of fused-ring (bicyclic) bond motifs is 3. The molecular formula is C21H20N2O4. The molecule has 3 saturated heterocycles. The van der Waals surface area contributed by atoms with Gasteiger partial charge in [-0.3, -0.25) is 14.4 Å². The van der Waals surface area contributed by atoms with E-state index in [1.54, 1.807) is 29.2 Å². The standard InChI is InChI=1S/C21H20N2O4/c1-27-19(25)16-12-17-18(24)22-21(16,15-10-6-3-7-11-15)20(26)23(17)13-14-8-4-2-5-9-14/h2-11,16-17H,12-13H2,1H3,(H,22,24)/t16-,17-,21-/m1/s1. The number of piperidine rings is 2. The predicted molar refractivity (Wildman–Crippen MR) is 97.2 cm³/mol. The first-order chi connectivity index (χ1) is 13.1. The fourth-order valence-electron chi connectivity index (χ4n) is 4.19. The van der Waals surface area contributed by atoms with Crippen LogP contribution in [0.25, 0.3) is 0 Å².